The Bertz CT molecular complexity index is 644. The van der Waals surface area contributed by atoms with Crippen LogP contribution < -0.4 is 11.1 Å². The van der Waals surface area contributed by atoms with Crippen molar-refractivity contribution in [3.63, 3.8) is 0 Å². The molecule has 1 atom stereocenters. The monoisotopic (exact) mass is 324 g/mol. The van der Waals surface area contributed by atoms with Crippen molar-refractivity contribution >= 4 is 46.1 Å². The van der Waals surface area contributed by atoms with Gasteiger partial charge in [0.25, 0.3) is 0 Å². The highest BCUT2D eigenvalue weighted by molar-refractivity contribution is 7.80. The molecule has 0 saturated carbocycles. The predicted octanol–water partition coefficient (Wildman–Crippen LogP) is 4.80. The second-order valence-corrected chi connectivity index (χ2v) is 5.70. The number of thiocarbonyl (C=S) groups is 1. The Balaban J connectivity index is 2.22. The normalized spacial score (nSPS) is 11.9. The summed E-state index contributed by atoms with van der Waals surface area (Å²) in [6, 6.07) is 13.2. The third kappa shape index (κ3) is 3.42. The number of rotatable bonds is 4. The summed E-state index contributed by atoms with van der Waals surface area (Å²) in [4.78, 5) is 0.331. The minimum Gasteiger partial charge on any atom is -0.389 e. The molecule has 0 aliphatic rings. The lowest BCUT2D eigenvalue weighted by Gasteiger charge is -2.18. The van der Waals surface area contributed by atoms with Gasteiger partial charge >= 0.3 is 0 Å². The maximum Gasteiger partial charge on any atom is 0.104 e. The molecule has 0 saturated heterocycles. The summed E-state index contributed by atoms with van der Waals surface area (Å²) in [5.41, 5.74) is 8.17. The largest absolute Gasteiger partial charge is 0.389 e. The molecule has 3 N–H and O–H groups in total. The average molecular weight is 325 g/mol. The quantitative estimate of drug-likeness (QED) is 0.793. The molecule has 0 aliphatic carbocycles. The van der Waals surface area contributed by atoms with Crippen molar-refractivity contribution in [3.05, 3.63) is 63.6 Å². The van der Waals surface area contributed by atoms with Gasteiger partial charge in [-0.2, -0.15) is 0 Å². The summed E-state index contributed by atoms with van der Waals surface area (Å²) < 4.78 is 0. The van der Waals surface area contributed by atoms with Gasteiger partial charge in [0.05, 0.1) is 16.8 Å². The van der Waals surface area contributed by atoms with Gasteiger partial charge in [0.2, 0.25) is 0 Å². The van der Waals surface area contributed by atoms with Gasteiger partial charge in [-0.1, -0.05) is 53.6 Å². The van der Waals surface area contributed by atoms with E-state index in [0.717, 1.165) is 21.8 Å². The van der Waals surface area contributed by atoms with E-state index in [-0.39, 0.29) is 6.04 Å². The summed E-state index contributed by atoms with van der Waals surface area (Å²) in [5.74, 6) is 0. The highest BCUT2D eigenvalue weighted by atomic mass is 35.5. The van der Waals surface area contributed by atoms with Crippen molar-refractivity contribution in [1.82, 2.24) is 0 Å². The van der Waals surface area contributed by atoms with E-state index in [2.05, 4.69) is 5.32 Å². The smallest absolute Gasteiger partial charge is 0.104 e. The minimum atomic E-state index is 0.0388. The molecule has 0 amide bonds. The van der Waals surface area contributed by atoms with Gasteiger partial charge in [-0.25, -0.2) is 0 Å². The number of hydrogen-bond acceptors (Lipinski definition) is 2. The molecule has 0 heterocycles. The van der Waals surface area contributed by atoms with Gasteiger partial charge in [-0.05, 0) is 36.8 Å². The summed E-state index contributed by atoms with van der Waals surface area (Å²) in [6.07, 6.45) is 0. The van der Waals surface area contributed by atoms with Crippen molar-refractivity contribution in [2.24, 2.45) is 5.73 Å². The van der Waals surface area contributed by atoms with Gasteiger partial charge in [-0.15, -0.1) is 0 Å². The molecule has 2 nitrogen and oxygen atoms in total. The molecule has 20 heavy (non-hydrogen) atoms. The van der Waals surface area contributed by atoms with Crippen molar-refractivity contribution in [1.29, 1.82) is 0 Å². The van der Waals surface area contributed by atoms with Crippen LogP contribution in [0.2, 0.25) is 10.0 Å². The Morgan fingerprint density at radius 2 is 1.85 bits per heavy atom. The Labute approximate surface area is 133 Å². The van der Waals surface area contributed by atoms with Crippen LogP contribution in [0.5, 0.6) is 0 Å². The lowest BCUT2D eigenvalue weighted by atomic mass is 10.1. The van der Waals surface area contributed by atoms with E-state index < -0.39 is 0 Å². The second-order valence-electron chi connectivity index (χ2n) is 4.45. The first-order valence-corrected chi connectivity index (χ1v) is 7.26. The molecule has 2 aromatic rings. The molecule has 0 fully saturated rings. The molecule has 2 aromatic carbocycles. The zero-order chi connectivity index (χ0) is 14.7. The number of hydrogen-bond donors (Lipinski definition) is 2. The number of nitrogens with one attached hydrogen (secondary N) is 1. The first kappa shape index (κ1) is 15.1. The predicted molar refractivity (Wildman–Crippen MR) is 90.8 cm³/mol. The van der Waals surface area contributed by atoms with Gasteiger partial charge in [0, 0.05) is 10.6 Å². The molecule has 0 radical (unpaired) electrons. The van der Waals surface area contributed by atoms with E-state index in [0.29, 0.717) is 10.0 Å². The molecule has 104 valence electrons. The molecule has 1 unspecified atom stereocenters. The van der Waals surface area contributed by atoms with Gasteiger partial charge < -0.3 is 11.1 Å². The zero-order valence-electron chi connectivity index (χ0n) is 10.9. The fourth-order valence-corrected chi connectivity index (χ4v) is 2.58. The number of halogens is 2. The first-order chi connectivity index (χ1) is 9.49. The van der Waals surface area contributed by atoms with Crippen molar-refractivity contribution < 1.29 is 0 Å². The standard InChI is InChI=1S/C15H14Cl2N2S/c1-9(11-4-2-3-5-12(11)16)19-14-7-6-10(15(18)20)8-13(14)17/h2-9,19H,1H3,(H2,18,20). The topological polar surface area (TPSA) is 38.0 Å². The Hall–Kier alpha value is -1.29. The lowest BCUT2D eigenvalue weighted by molar-refractivity contribution is 0.885. The van der Waals surface area contributed by atoms with Crippen LogP contribution in [0.1, 0.15) is 24.1 Å². The van der Waals surface area contributed by atoms with Gasteiger partial charge in [0.1, 0.15) is 4.99 Å². The van der Waals surface area contributed by atoms with Crippen LogP contribution in [-0.2, 0) is 0 Å². The van der Waals surface area contributed by atoms with Crippen LogP contribution in [0.3, 0.4) is 0 Å². The SMILES string of the molecule is CC(Nc1ccc(C(N)=S)cc1Cl)c1ccccc1Cl. The van der Waals surface area contributed by atoms with Crippen molar-refractivity contribution in [2.45, 2.75) is 13.0 Å². The van der Waals surface area contributed by atoms with E-state index >= 15 is 0 Å². The third-order valence-corrected chi connectivity index (χ3v) is 3.89. The maximum atomic E-state index is 6.23. The number of nitrogens with two attached hydrogens (primary N) is 1. The zero-order valence-corrected chi connectivity index (χ0v) is 13.2. The Morgan fingerprint density at radius 3 is 2.45 bits per heavy atom. The van der Waals surface area contributed by atoms with Gasteiger partial charge in [-0.3, -0.25) is 0 Å². The van der Waals surface area contributed by atoms with E-state index in [1.54, 1.807) is 6.07 Å². The average Bonchev–Trinajstić information content (AvgIpc) is 2.41. The number of anilines is 1. The summed E-state index contributed by atoms with van der Waals surface area (Å²) in [6.45, 7) is 2.03. The molecule has 0 aliphatic heterocycles. The van der Waals surface area contributed by atoms with E-state index in [1.807, 2.05) is 43.3 Å². The molecule has 0 spiro atoms. The molecule has 2 rings (SSSR count). The Morgan fingerprint density at radius 1 is 1.15 bits per heavy atom. The van der Waals surface area contributed by atoms with E-state index in [4.69, 9.17) is 41.2 Å². The molecule has 0 bridgehead atoms. The van der Waals surface area contributed by atoms with E-state index in [1.165, 1.54) is 0 Å². The first-order valence-electron chi connectivity index (χ1n) is 6.09. The third-order valence-electron chi connectivity index (χ3n) is 3.00. The summed E-state index contributed by atoms with van der Waals surface area (Å²) in [7, 11) is 0. The fourth-order valence-electron chi connectivity index (χ4n) is 1.92. The van der Waals surface area contributed by atoms with Crippen LogP contribution in [-0.4, -0.2) is 4.99 Å². The highest BCUT2D eigenvalue weighted by Crippen LogP contribution is 2.29. The molecule has 5 heteroatoms. The second kappa shape index (κ2) is 6.44. The summed E-state index contributed by atoms with van der Waals surface area (Å²) in [5, 5.41) is 4.64. The van der Waals surface area contributed by atoms with Gasteiger partial charge in [0.15, 0.2) is 0 Å². The minimum absolute atomic E-state index is 0.0388. The van der Waals surface area contributed by atoms with Crippen LogP contribution in [0.4, 0.5) is 5.69 Å². The molecule has 0 aromatic heterocycles. The van der Waals surface area contributed by atoms with Crippen LogP contribution in [0, 0.1) is 0 Å². The fraction of sp³-hybridized carbons (Fsp3) is 0.133. The van der Waals surface area contributed by atoms with E-state index in [9.17, 15) is 0 Å². The van der Waals surface area contributed by atoms with Crippen LogP contribution in [0.15, 0.2) is 42.5 Å². The summed E-state index contributed by atoms with van der Waals surface area (Å²) >= 11 is 17.3. The number of benzene rings is 2. The lowest BCUT2D eigenvalue weighted by Crippen LogP contribution is -2.11. The van der Waals surface area contributed by atoms with Crippen molar-refractivity contribution in [2.75, 3.05) is 5.32 Å². The molecular weight excluding hydrogens is 311 g/mol. The van der Waals surface area contributed by atoms with Crippen LogP contribution in [0.25, 0.3) is 0 Å². The van der Waals surface area contributed by atoms with Crippen molar-refractivity contribution in [3.8, 4) is 0 Å². The Kier molecular flexibility index (Phi) is 4.86. The van der Waals surface area contributed by atoms with Crippen LogP contribution >= 0.6 is 35.4 Å². The maximum absolute atomic E-state index is 6.23. The highest BCUT2D eigenvalue weighted by Gasteiger charge is 2.11. The molecular formula is C15H14Cl2N2S.